The SMILES string of the molecule is CC.CS(=O)(=O)N1CCN(Cc2cc3nc(-c4ccn[nH]4)nc(N4CCOCC4)c3s2)CC1. The second-order valence-electron chi connectivity index (χ2n) is 7.81. The molecule has 5 heterocycles. The van der Waals surface area contributed by atoms with Gasteiger partial charge in [0.05, 0.1) is 29.7 Å². The zero-order valence-electron chi connectivity index (χ0n) is 19.3. The van der Waals surface area contributed by atoms with Crippen LogP contribution in [0.4, 0.5) is 5.82 Å². The molecule has 1 N–H and O–H groups in total. The summed E-state index contributed by atoms with van der Waals surface area (Å²) in [6.45, 7) is 10.3. The van der Waals surface area contributed by atoms with Gasteiger partial charge in [-0.1, -0.05) is 13.8 Å². The van der Waals surface area contributed by atoms with Crippen molar-refractivity contribution in [3.05, 3.63) is 23.2 Å². The zero-order chi connectivity index (χ0) is 23.4. The molecule has 12 heteroatoms. The molecule has 10 nitrogen and oxygen atoms in total. The van der Waals surface area contributed by atoms with E-state index in [9.17, 15) is 8.42 Å². The van der Waals surface area contributed by atoms with Gasteiger partial charge in [-0.15, -0.1) is 11.3 Å². The predicted molar refractivity (Wildman–Crippen MR) is 131 cm³/mol. The third kappa shape index (κ3) is 5.52. The molecular weight excluding hydrogens is 462 g/mol. The number of sulfonamides is 1. The molecule has 0 bridgehead atoms. The summed E-state index contributed by atoms with van der Waals surface area (Å²) < 4.78 is 31.7. The molecule has 0 amide bonds. The van der Waals surface area contributed by atoms with Gasteiger partial charge in [-0.3, -0.25) is 10.00 Å². The lowest BCUT2D eigenvalue weighted by Gasteiger charge is -2.32. The number of aromatic nitrogens is 4. The standard InChI is InChI=1S/C19H25N7O3S2.C2H6/c1-31(27,28)26-6-4-24(5-7-26)13-14-12-16-17(30-14)19(25-8-10-29-11-9-25)22-18(21-16)15-2-3-20-23-15;1-2/h2-3,12H,4-11,13H2,1H3,(H,20,23);1-2H3. The molecule has 0 radical (unpaired) electrons. The van der Waals surface area contributed by atoms with Gasteiger partial charge in [0.15, 0.2) is 11.6 Å². The maximum Gasteiger partial charge on any atom is 0.211 e. The first-order chi connectivity index (χ1) is 16.0. The summed E-state index contributed by atoms with van der Waals surface area (Å²) in [6.07, 6.45) is 2.98. The van der Waals surface area contributed by atoms with Gasteiger partial charge in [-0.25, -0.2) is 18.4 Å². The number of aromatic amines is 1. The molecule has 3 aromatic rings. The Kier molecular flexibility index (Phi) is 7.59. The van der Waals surface area contributed by atoms with Gasteiger partial charge in [0, 0.05) is 56.9 Å². The topological polar surface area (TPSA) is 108 Å². The minimum Gasteiger partial charge on any atom is -0.378 e. The molecule has 2 fully saturated rings. The molecular formula is C21H31N7O3S2. The number of piperazine rings is 1. The first-order valence-corrected chi connectivity index (χ1v) is 13.9. The number of thiophene rings is 1. The summed E-state index contributed by atoms with van der Waals surface area (Å²) in [5, 5.41) is 7.00. The van der Waals surface area contributed by atoms with Crippen molar-refractivity contribution in [2.45, 2.75) is 20.4 Å². The molecule has 5 rings (SSSR count). The number of hydrogen-bond donors (Lipinski definition) is 1. The number of nitrogens with one attached hydrogen (secondary N) is 1. The van der Waals surface area contributed by atoms with Gasteiger partial charge >= 0.3 is 0 Å². The lowest BCUT2D eigenvalue weighted by atomic mass is 10.3. The Balaban J connectivity index is 0.00000126. The van der Waals surface area contributed by atoms with Gasteiger partial charge in [0.2, 0.25) is 10.0 Å². The Morgan fingerprint density at radius 3 is 2.45 bits per heavy atom. The number of ether oxygens (including phenoxy) is 1. The van der Waals surface area contributed by atoms with Crippen LogP contribution in [0.1, 0.15) is 18.7 Å². The number of rotatable bonds is 5. The average Bonchev–Trinajstić information content (AvgIpc) is 3.50. The van der Waals surface area contributed by atoms with Crippen LogP contribution < -0.4 is 4.90 Å². The fourth-order valence-electron chi connectivity index (χ4n) is 3.97. The molecule has 0 aromatic carbocycles. The van der Waals surface area contributed by atoms with E-state index in [1.54, 1.807) is 21.8 Å². The van der Waals surface area contributed by atoms with E-state index in [-0.39, 0.29) is 0 Å². The summed E-state index contributed by atoms with van der Waals surface area (Å²) >= 11 is 1.72. The van der Waals surface area contributed by atoms with Crippen molar-refractivity contribution in [3.63, 3.8) is 0 Å². The van der Waals surface area contributed by atoms with E-state index in [0.717, 1.165) is 54.5 Å². The van der Waals surface area contributed by atoms with Crippen LogP contribution in [0.5, 0.6) is 0 Å². The molecule has 2 aliphatic heterocycles. The smallest absolute Gasteiger partial charge is 0.211 e. The van der Waals surface area contributed by atoms with Crippen molar-refractivity contribution >= 4 is 37.4 Å². The number of hydrogen-bond acceptors (Lipinski definition) is 9. The molecule has 2 saturated heterocycles. The van der Waals surface area contributed by atoms with Gasteiger partial charge < -0.3 is 9.64 Å². The first-order valence-electron chi connectivity index (χ1n) is 11.3. The number of H-pyrrole nitrogens is 1. The number of nitrogens with zero attached hydrogens (tertiary/aromatic N) is 6. The average molecular weight is 494 g/mol. The summed E-state index contributed by atoms with van der Waals surface area (Å²) in [5.41, 5.74) is 1.72. The zero-order valence-corrected chi connectivity index (χ0v) is 21.0. The third-order valence-electron chi connectivity index (χ3n) is 5.64. The summed E-state index contributed by atoms with van der Waals surface area (Å²) in [6, 6.07) is 4.01. The molecule has 0 unspecified atom stereocenters. The molecule has 0 saturated carbocycles. The van der Waals surface area contributed by atoms with Crippen LogP contribution in [0.3, 0.4) is 0 Å². The van der Waals surface area contributed by atoms with Crippen molar-refractivity contribution in [2.24, 2.45) is 0 Å². The van der Waals surface area contributed by atoms with Crippen molar-refractivity contribution in [1.82, 2.24) is 29.4 Å². The van der Waals surface area contributed by atoms with Gasteiger partial charge in [0.25, 0.3) is 0 Å². The van der Waals surface area contributed by atoms with E-state index in [2.05, 4.69) is 26.1 Å². The monoisotopic (exact) mass is 493 g/mol. The highest BCUT2D eigenvalue weighted by Crippen LogP contribution is 2.34. The second kappa shape index (κ2) is 10.4. The van der Waals surface area contributed by atoms with E-state index in [4.69, 9.17) is 14.7 Å². The number of morpholine rings is 1. The largest absolute Gasteiger partial charge is 0.378 e. The highest BCUT2D eigenvalue weighted by molar-refractivity contribution is 7.88. The normalized spacial score (nSPS) is 18.3. The molecule has 2 aliphatic rings. The van der Waals surface area contributed by atoms with Crippen LogP contribution in [0.2, 0.25) is 0 Å². The fourth-order valence-corrected chi connectivity index (χ4v) is 5.95. The van der Waals surface area contributed by atoms with Crippen molar-refractivity contribution < 1.29 is 13.2 Å². The maximum absolute atomic E-state index is 11.8. The number of anilines is 1. The Bertz CT molecular complexity index is 1150. The van der Waals surface area contributed by atoms with E-state index in [1.165, 1.54) is 11.1 Å². The third-order valence-corrected chi connectivity index (χ3v) is 8.04. The Morgan fingerprint density at radius 2 is 1.82 bits per heavy atom. The van der Waals surface area contributed by atoms with Crippen LogP contribution in [0, 0.1) is 0 Å². The molecule has 3 aromatic heterocycles. The molecule has 0 atom stereocenters. The molecule has 0 spiro atoms. The van der Waals surface area contributed by atoms with E-state index in [0.29, 0.717) is 32.1 Å². The maximum atomic E-state index is 11.8. The van der Waals surface area contributed by atoms with Crippen LogP contribution >= 0.6 is 11.3 Å². The quantitative estimate of drug-likeness (QED) is 0.575. The second-order valence-corrected chi connectivity index (χ2v) is 10.9. The molecule has 33 heavy (non-hydrogen) atoms. The van der Waals surface area contributed by atoms with Crippen LogP contribution in [-0.4, -0.2) is 96.5 Å². The van der Waals surface area contributed by atoms with Crippen LogP contribution in [0.15, 0.2) is 18.3 Å². The van der Waals surface area contributed by atoms with Gasteiger partial charge in [-0.05, 0) is 12.1 Å². The first kappa shape index (κ1) is 24.0. The van der Waals surface area contributed by atoms with E-state index >= 15 is 0 Å². The van der Waals surface area contributed by atoms with Gasteiger partial charge in [-0.2, -0.15) is 9.40 Å². The van der Waals surface area contributed by atoms with E-state index < -0.39 is 10.0 Å². The lowest BCUT2D eigenvalue weighted by molar-refractivity contribution is 0.122. The highest BCUT2D eigenvalue weighted by Gasteiger charge is 2.25. The van der Waals surface area contributed by atoms with Crippen LogP contribution in [-0.2, 0) is 21.3 Å². The number of fused-ring (bicyclic) bond motifs is 1. The fraction of sp³-hybridized carbons (Fsp3) is 0.571. The summed E-state index contributed by atoms with van der Waals surface area (Å²) in [7, 11) is -3.12. The Hall–Kier alpha value is -2.12. The summed E-state index contributed by atoms with van der Waals surface area (Å²) in [4.78, 5) is 15.4. The minimum absolute atomic E-state index is 0.534. The van der Waals surface area contributed by atoms with Crippen LogP contribution in [0.25, 0.3) is 21.7 Å². The van der Waals surface area contributed by atoms with Crippen molar-refractivity contribution in [2.75, 3.05) is 63.6 Å². The minimum atomic E-state index is -3.12. The van der Waals surface area contributed by atoms with Crippen molar-refractivity contribution in [1.29, 1.82) is 0 Å². The molecule has 0 aliphatic carbocycles. The molecule has 180 valence electrons. The van der Waals surface area contributed by atoms with Crippen molar-refractivity contribution in [3.8, 4) is 11.5 Å². The summed E-state index contributed by atoms with van der Waals surface area (Å²) in [5.74, 6) is 1.58. The van der Waals surface area contributed by atoms with E-state index in [1.807, 2.05) is 19.9 Å². The highest BCUT2D eigenvalue weighted by atomic mass is 32.2. The Morgan fingerprint density at radius 1 is 1.09 bits per heavy atom. The predicted octanol–water partition coefficient (Wildman–Crippen LogP) is 2.02. The van der Waals surface area contributed by atoms with Gasteiger partial charge in [0.1, 0.15) is 5.69 Å². The lowest BCUT2D eigenvalue weighted by Crippen LogP contribution is -2.47. The Labute approximate surface area is 198 Å².